The number of nitrogens with zero attached hydrogens (tertiary/aromatic N) is 12. The number of fused-ring (bicyclic) bond motifs is 4. The fraction of sp³-hybridized carbons (Fsp3) is 0.0222. The summed E-state index contributed by atoms with van der Waals surface area (Å²) in [6.07, 6.45) is 0. The summed E-state index contributed by atoms with van der Waals surface area (Å²) in [6, 6.07) is 31.3. The minimum atomic E-state index is -5.04. The third kappa shape index (κ3) is 10.8. The second-order valence-electron chi connectivity index (χ2n) is 15.7. The molecular weight excluding hydrogens is 1040 g/mol. The van der Waals surface area contributed by atoms with Gasteiger partial charge < -0.3 is 20.4 Å². The highest BCUT2D eigenvalue weighted by molar-refractivity contribution is 7.86. The molecule has 8 aromatic carbocycles. The Bertz CT molecular complexity index is 4320. The van der Waals surface area contributed by atoms with Gasteiger partial charge >= 0.3 is 0 Å². The lowest BCUT2D eigenvalue weighted by Gasteiger charge is -2.09. The van der Waals surface area contributed by atoms with E-state index in [2.05, 4.69) is 71.3 Å². The van der Waals surface area contributed by atoms with Crippen molar-refractivity contribution in [1.29, 1.82) is 0 Å². The lowest BCUT2D eigenvalue weighted by molar-refractivity contribution is 0.443. The summed E-state index contributed by atoms with van der Waals surface area (Å²) in [4.78, 5) is 5.52. The first-order chi connectivity index (χ1) is 35.6. The normalized spacial score (nSPS) is 12.6. The number of phenols is 4. The summed E-state index contributed by atoms with van der Waals surface area (Å²) in [5, 5.41) is 89.0. The van der Waals surface area contributed by atoms with Crippen LogP contribution in [0.5, 0.6) is 23.0 Å². The van der Waals surface area contributed by atoms with Crippen molar-refractivity contribution in [2.75, 3.05) is 0 Å². The molecule has 378 valence electrons. The van der Waals surface area contributed by atoms with Gasteiger partial charge in [0.2, 0.25) is 0 Å². The third-order valence-corrected chi connectivity index (χ3v) is 13.3. The molecule has 30 heteroatoms. The number of benzene rings is 8. The number of aryl methyl sites for hydroxylation is 1. The average molecular weight is 1070 g/mol. The molecule has 0 aliphatic heterocycles. The molecule has 0 saturated carbocycles. The first-order valence-electron chi connectivity index (χ1n) is 21.0. The Morgan fingerprint density at radius 2 is 0.827 bits per heavy atom. The van der Waals surface area contributed by atoms with Gasteiger partial charge in [-0.15, -0.1) is 51.1 Å². The molecule has 27 nitrogen and oxygen atoms in total. The van der Waals surface area contributed by atoms with Crippen molar-refractivity contribution in [3.8, 4) is 23.0 Å². The molecule has 0 unspecified atom stereocenters. The number of hydrogen-bond acceptors (Lipinski definition) is 22. The molecule has 10 rings (SSSR count). The SMILES string of the molecule is Cc1ccc2c(N=Nc3n[nH]c(N=Nc4c(O)c(S(=O)(=O)O)cc5cc(S(=O)(=O)O)ccc45)n3)c(O)c(S(=O)(=O)O)cc2c1.Oc1ccc2ccccc2c1N=Nc1n[nH]c(N=Nc2c(O)ccc3ccccc23)n1. The van der Waals surface area contributed by atoms with Crippen LogP contribution in [0.4, 0.5) is 46.5 Å². The maximum absolute atomic E-state index is 11.8. The average Bonchev–Trinajstić information content (AvgIpc) is 4.04. The Kier molecular flexibility index (Phi) is 13.3. The van der Waals surface area contributed by atoms with Gasteiger partial charge in [0.1, 0.15) is 44.0 Å². The third-order valence-electron chi connectivity index (χ3n) is 10.7. The van der Waals surface area contributed by atoms with Crippen LogP contribution in [0, 0.1) is 6.92 Å². The van der Waals surface area contributed by atoms with Crippen LogP contribution in [0.3, 0.4) is 0 Å². The van der Waals surface area contributed by atoms with E-state index in [-0.39, 0.29) is 51.2 Å². The number of phenolic OH excluding ortho intramolecular Hbond substituents is 4. The fourth-order valence-corrected chi connectivity index (χ4v) is 9.06. The second kappa shape index (κ2) is 19.8. The van der Waals surface area contributed by atoms with E-state index in [1.807, 2.05) is 48.5 Å². The first kappa shape index (κ1) is 50.4. The Labute approximate surface area is 420 Å². The number of hydrogen-bond donors (Lipinski definition) is 9. The maximum Gasteiger partial charge on any atom is 0.298 e. The quantitative estimate of drug-likeness (QED) is 0.0429. The maximum atomic E-state index is 11.8. The van der Waals surface area contributed by atoms with E-state index >= 15 is 0 Å². The molecular formula is C45H32N14O13S3. The number of nitrogens with one attached hydrogen (secondary N) is 2. The Morgan fingerprint density at radius 1 is 0.413 bits per heavy atom. The molecule has 0 bridgehead atoms. The largest absolute Gasteiger partial charge is 0.506 e. The highest BCUT2D eigenvalue weighted by atomic mass is 32.2. The first-order valence-corrected chi connectivity index (χ1v) is 25.4. The van der Waals surface area contributed by atoms with E-state index < -0.39 is 68.2 Å². The minimum absolute atomic E-state index is 0.00401. The van der Waals surface area contributed by atoms with Crippen molar-refractivity contribution in [2.45, 2.75) is 21.6 Å². The molecule has 9 N–H and O–H groups in total. The summed E-state index contributed by atoms with van der Waals surface area (Å²) in [5.41, 5.74) is 0.539. The van der Waals surface area contributed by atoms with Crippen LogP contribution < -0.4 is 0 Å². The van der Waals surface area contributed by atoms with Gasteiger partial charge in [-0.05, 0) is 64.9 Å². The molecule has 0 fully saturated rings. The Morgan fingerprint density at radius 3 is 1.31 bits per heavy atom. The van der Waals surface area contributed by atoms with Crippen molar-refractivity contribution in [3.05, 3.63) is 127 Å². The van der Waals surface area contributed by atoms with Crippen LogP contribution in [0.15, 0.2) is 177 Å². The van der Waals surface area contributed by atoms with Gasteiger partial charge in [0.25, 0.3) is 54.1 Å². The van der Waals surface area contributed by atoms with Gasteiger partial charge in [0, 0.05) is 21.5 Å². The van der Waals surface area contributed by atoms with E-state index in [4.69, 9.17) is 0 Å². The molecule has 2 aromatic heterocycles. The molecule has 10 aromatic rings. The van der Waals surface area contributed by atoms with Crippen LogP contribution in [-0.4, -0.2) is 89.7 Å². The fourth-order valence-electron chi connectivity index (χ4n) is 7.31. The van der Waals surface area contributed by atoms with Crippen molar-refractivity contribution in [3.63, 3.8) is 0 Å². The zero-order chi connectivity index (χ0) is 53.4. The topological polar surface area (TPSA) is 426 Å². The van der Waals surface area contributed by atoms with Crippen LogP contribution in [0.2, 0.25) is 0 Å². The van der Waals surface area contributed by atoms with Crippen molar-refractivity contribution >= 4 is 120 Å². The predicted molar refractivity (Wildman–Crippen MR) is 266 cm³/mol. The molecule has 2 heterocycles. The standard InChI is InChI=1S/C23H17N7O11S3.C22H15N7O2/c1-10-2-4-14-11(6-10)8-16(43(36,37)38)20(31)18(14)25-27-22-24-23(30-29-22)28-26-19-15-5-3-13(42(33,34)35)7-12(15)9-17(21(19)32)44(39,40)41;30-17-11-9-13-5-1-3-7-15(13)19(17)24-26-21-23-22(29-28-21)27-25-20-16-8-4-2-6-14(16)10-12-18(20)31/h2-9,31-32H,1H3,(H,24,29,30)(H,33,34,35)(H,36,37,38)(H,39,40,41);1-12,30-31H,(H,23,28,29). The number of aromatic amines is 2. The number of rotatable bonds is 11. The molecule has 0 aliphatic carbocycles. The molecule has 0 amide bonds. The second-order valence-corrected chi connectivity index (χ2v) is 19.9. The van der Waals surface area contributed by atoms with E-state index in [1.165, 1.54) is 0 Å². The number of H-pyrrole nitrogens is 2. The summed E-state index contributed by atoms with van der Waals surface area (Å²) in [6.45, 7) is 1.74. The lowest BCUT2D eigenvalue weighted by Crippen LogP contribution is -2.00. The number of aromatic hydroxyl groups is 4. The summed E-state index contributed by atoms with van der Waals surface area (Å²) >= 11 is 0. The Balaban J connectivity index is 0.000000195. The van der Waals surface area contributed by atoms with E-state index in [0.717, 1.165) is 57.4 Å². The van der Waals surface area contributed by atoms with Crippen molar-refractivity contribution in [2.24, 2.45) is 40.9 Å². The van der Waals surface area contributed by atoms with Crippen LogP contribution in [0.25, 0.3) is 43.1 Å². The molecule has 0 saturated heterocycles. The lowest BCUT2D eigenvalue weighted by atomic mass is 10.1. The van der Waals surface area contributed by atoms with E-state index in [1.54, 1.807) is 49.4 Å². The molecule has 0 radical (unpaired) electrons. The van der Waals surface area contributed by atoms with Gasteiger partial charge in [-0.2, -0.15) is 35.2 Å². The van der Waals surface area contributed by atoms with E-state index in [9.17, 15) is 59.3 Å². The van der Waals surface area contributed by atoms with Crippen molar-refractivity contribution < 1.29 is 59.3 Å². The zero-order valence-corrected chi connectivity index (χ0v) is 40.2. The van der Waals surface area contributed by atoms with Crippen LogP contribution in [-0.2, 0) is 30.4 Å². The summed E-state index contributed by atoms with van der Waals surface area (Å²) in [7, 11) is -14.6. The molecule has 75 heavy (non-hydrogen) atoms. The van der Waals surface area contributed by atoms with E-state index in [0.29, 0.717) is 16.8 Å². The van der Waals surface area contributed by atoms with Gasteiger partial charge in [0.05, 0.1) is 4.90 Å². The highest BCUT2D eigenvalue weighted by Crippen LogP contribution is 2.44. The molecule has 0 aliphatic rings. The molecule has 0 spiro atoms. The predicted octanol–water partition coefficient (Wildman–Crippen LogP) is 10.8. The van der Waals surface area contributed by atoms with Crippen LogP contribution >= 0.6 is 0 Å². The minimum Gasteiger partial charge on any atom is -0.506 e. The van der Waals surface area contributed by atoms with Gasteiger partial charge in [-0.3, -0.25) is 13.7 Å². The van der Waals surface area contributed by atoms with Gasteiger partial charge in [0.15, 0.2) is 11.5 Å². The summed E-state index contributed by atoms with van der Waals surface area (Å²) in [5.74, 6) is -2.58. The van der Waals surface area contributed by atoms with Gasteiger partial charge in [-0.25, -0.2) is 10.2 Å². The van der Waals surface area contributed by atoms with Crippen LogP contribution in [0.1, 0.15) is 5.56 Å². The summed E-state index contributed by atoms with van der Waals surface area (Å²) < 4.78 is 98.8. The monoisotopic (exact) mass is 1070 g/mol. The highest BCUT2D eigenvalue weighted by Gasteiger charge is 2.24. The van der Waals surface area contributed by atoms with Crippen molar-refractivity contribution in [1.82, 2.24) is 30.4 Å². The molecule has 0 atom stereocenters. The smallest absolute Gasteiger partial charge is 0.298 e. The Hall–Kier alpha value is -9.59. The van der Waals surface area contributed by atoms with Gasteiger partial charge in [-0.1, -0.05) is 90.5 Å². The zero-order valence-electron chi connectivity index (χ0n) is 37.7. The number of aromatic nitrogens is 6. The number of azo groups is 4.